The van der Waals surface area contributed by atoms with Gasteiger partial charge < -0.3 is 9.47 Å². The standard InChI is InChI=1S/C21H20N2O2/c24-15-16-5-8-18(9-6-16)22-13-11-19(12-14-22)23-20-4-2-1-3-17(20)7-10-21(23)25/h1-10,15,19H,11-14H2. The minimum absolute atomic E-state index is 0.0764. The molecule has 4 nitrogen and oxygen atoms in total. The zero-order valence-corrected chi connectivity index (χ0v) is 14.0. The molecule has 1 aliphatic heterocycles. The van der Waals surface area contributed by atoms with Crippen LogP contribution in [0.3, 0.4) is 0 Å². The third-order valence-electron chi connectivity index (χ3n) is 5.06. The molecular weight excluding hydrogens is 312 g/mol. The largest absolute Gasteiger partial charge is 0.371 e. The number of para-hydroxylation sites is 1. The van der Waals surface area contributed by atoms with Gasteiger partial charge in [-0.2, -0.15) is 0 Å². The number of hydrogen-bond donors (Lipinski definition) is 0. The Morgan fingerprint density at radius 1 is 0.880 bits per heavy atom. The molecule has 1 aliphatic rings. The zero-order valence-electron chi connectivity index (χ0n) is 14.0. The van der Waals surface area contributed by atoms with Crippen molar-refractivity contribution in [2.75, 3.05) is 18.0 Å². The maximum Gasteiger partial charge on any atom is 0.251 e. The first-order valence-electron chi connectivity index (χ1n) is 8.67. The fourth-order valence-electron chi connectivity index (χ4n) is 3.73. The number of carbonyl (C=O) groups excluding carboxylic acids is 1. The Morgan fingerprint density at radius 3 is 2.32 bits per heavy atom. The summed E-state index contributed by atoms with van der Waals surface area (Å²) < 4.78 is 1.96. The van der Waals surface area contributed by atoms with Crippen molar-refractivity contribution in [1.29, 1.82) is 0 Å². The molecule has 4 heteroatoms. The van der Waals surface area contributed by atoms with Crippen molar-refractivity contribution >= 4 is 22.9 Å². The van der Waals surface area contributed by atoms with Gasteiger partial charge in [-0.1, -0.05) is 18.2 Å². The van der Waals surface area contributed by atoms with Gasteiger partial charge in [0.15, 0.2) is 0 Å². The van der Waals surface area contributed by atoms with Crippen molar-refractivity contribution in [2.45, 2.75) is 18.9 Å². The van der Waals surface area contributed by atoms with Gasteiger partial charge in [-0.05, 0) is 54.6 Å². The highest BCUT2D eigenvalue weighted by atomic mass is 16.1. The molecule has 3 aromatic rings. The second kappa shape index (κ2) is 6.55. The van der Waals surface area contributed by atoms with Gasteiger partial charge in [0.2, 0.25) is 0 Å². The first-order chi connectivity index (χ1) is 12.3. The highest BCUT2D eigenvalue weighted by Crippen LogP contribution is 2.28. The number of nitrogens with zero attached hydrogens (tertiary/aromatic N) is 2. The van der Waals surface area contributed by atoms with Gasteiger partial charge in [-0.25, -0.2) is 0 Å². The predicted octanol–water partition coefficient (Wildman–Crippen LogP) is 3.66. The lowest BCUT2D eigenvalue weighted by Crippen LogP contribution is -2.37. The van der Waals surface area contributed by atoms with Crippen LogP contribution >= 0.6 is 0 Å². The predicted molar refractivity (Wildman–Crippen MR) is 101 cm³/mol. The molecule has 1 saturated heterocycles. The number of rotatable bonds is 3. The third-order valence-corrected chi connectivity index (χ3v) is 5.06. The Balaban J connectivity index is 1.57. The van der Waals surface area contributed by atoms with E-state index in [0.717, 1.165) is 48.8 Å². The SMILES string of the molecule is O=Cc1ccc(N2CCC(n3c(=O)ccc4ccccc43)CC2)cc1. The lowest BCUT2D eigenvalue weighted by Gasteiger charge is -2.35. The van der Waals surface area contributed by atoms with E-state index in [1.807, 2.05) is 53.1 Å². The molecule has 126 valence electrons. The van der Waals surface area contributed by atoms with Crippen LogP contribution in [0.4, 0.5) is 5.69 Å². The van der Waals surface area contributed by atoms with Gasteiger partial charge in [0.05, 0.1) is 5.52 Å². The highest BCUT2D eigenvalue weighted by Gasteiger charge is 2.22. The smallest absolute Gasteiger partial charge is 0.251 e. The fraction of sp³-hybridized carbons (Fsp3) is 0.238. The highest BCUT2D eigenvalue weighted by molar-refractivity contribution is 5.79. The normalized spacial score (nSPS) is 15.4. The molecule has 0 spiro atoms. The lowest BCUT2D eigenvalue weighted by molar-refractivity contribution is 0.112. The number of aromatic nitrogens is 1. The van der Waals surface area contributed by atoms with Crippen LogP contribution in [0.1, 0.15) is 29.2 Å². The number of benzene rings is 2. The van der Waals surface area contributed by atoms with Gasteiger partial charge in [0, 0.05) is 36.4 Å². The summed E-state index contributed by atoms with van der Waals surface area (Å²) in [5.41, 5.74) is 2.92. The van der Waals surface area contributed by atoms with Crippen molar-refractivity contribution in [1.82, 2.24) is 4.57 Å². The second-order valence-corrected chi connectivity index (χ2v) is 6.53. The van der Waals surface area contributed by atoms with Crippen LogP contribution in [-0.4, -0.2) is 23.9 Å². The van der Waals surface area contributed by atoms with Crippen LogP contribution in [0, 0.1) is 0 Å². The molecule has 4 rings (SSSR count). The molecule has 0 unspecified atom stereocenters. The minimum Gasteiger partial charge on any atom is -0.371 e. The summed E-state index contributed by atoms with van der Waals surface area (Å²) in [6, 6.07) is 19.6. The van der Waals surface area contributed by atoms with Crippen molar-refractivity contribution in [3.05, 3.63) is 76.6 Å². The molecule has 0 amide bonds. The average molecular weight is 332 g/mol. The quantitative estimate of drug-likeness (QED) is 0.688. The first-order valence-corrected chi connectivity index (χ1v) is 8.67. The number of fused-ring (bicyclic) bond motifs is 1. The molecule has 0 atom stereocenters. The van der Waals surface area contributed by atoms with Crippen molar-refractivity contribution in [3.8, 4) is 0 Å². The van der Waals surface area contributed by atoms with E-state index in [4.69, 9.17) is 0 Å². The van der Waals surface area contributed by atoms with Gasteiger partial charge in [-0.15, -0.1) is 0 Å². The molecule has 0 aliphatic carbocycles. The van der Waals surface area contributed by atoms with Crippen LogP contribution in [0.5, 0.6) is 0 Å². The van der Waals surface area contributed by atoms with E-state index in [1.165, 1.54) is 0 Å². The number of carbonyl (C=O) groups is 1. The summed E-state index contributed by atoms with van der Waals surface area (Å²) in [5.74, 6) is 0. The number of anilines is 1. The van der Waals surface area contributed by atoms with Crippen LogP contribution < -0.4 is 10.5 Å². The zero-order chi connectivity index (χ0) is 17.2. The number of piperidine rings is 1. The molecule has 0 saturated carbocycles. The molecule has 2 heterocycles. The van der Waals surface area contributed by atoms with Crippen molar-refractivity contribution in [3.63, 3.8) is 0 Å². The molecule has 0 N–H and O–H groups in total. The van der Waals surface area contributed by atoms with Crippen LogP contribution in [0.15, 0.2) is 65.5 Å². The summed E-state index contributed by atoms with van der Waals surface area (Å²) in [6.45, 7) is 1.81. The molecular formula is C21H20N2O2. The third kappa shape index (κ3) is 2.95. The van der Waals surface area contributed by atoms with Crippen molar-refractivity contribution < 1.29 is 4.79 Å². The Morgan fingerprint density at radius 2 is 1.60 bits per heavy atom. The summed E-state index contributed by atoms with van der Waals surface area (Å²) in [5, 5.41) is 1.11. The van der Waals surface area contributed by atoms with E-state index in [-0.39, 0.29) is 11.6 Å². The number of pyridine rings is 1. The van der Waals surface area contributed by atoms with E-state index in [1.54, 1.807) is 6.07 Å². The van der Waals surface area contributed by atoms with E-state index in [2.05, 4.69) is 11.0 Å². The average Bonchev–Trinajstić information content (AvgIpc) is 2.68. The van der Waals surface area contributed by atoms with Gasteiger partial charge in [-0.3, -0.25) is 9.59 Å². The maximum absolute atomic E-state index is 12.5. The van der Waals surface area contributed by atoms with E-state index >= 15 is 0 Å². The number of hydrogen-bond acceptors (Lipinski definition) is 3. The van der Waals surface area contributed by atoms with Crippen LogP contribution in [-0.2, 0) is 0 Å². The monoisotopic (exact) mass is 332 g/mol. The molecule has 25 heavy (non-hydrogen) atoms. The van der Waals surface area contributed by atoms with Crippen LogP contribution in [0.25, 0.3) is 10.9 Å². The van der Waals surface area contributed by atoms with E-state index in [0.29, 0.717) is 5.56 Å². The molecule has 1 aromatic heterocycles. The lowest BCUT2D eigenvalue weighted by atomic mass is 10.0. The molecule has 0 bridgehead atoms. The summed E-state index contributed by atoms with van der Waals surface area (Å²) in [6.07, 6.45) is 2.73. The van der Waals surface area contributed by atoms with Gasteiger partial charge in [0.1, 0.15) is 6.29 Å². The van der Waals surface area contributed by atoms with Gasteiger partial charge in [0.25, 0.3) is 5.56 Å². The first kappa shape index (κ1) is 15.6. The Bertz CT molecular complexity index is 952. The summed E-state index contributed by atoms with van der Waals surface area (Å²) >= 11 is 0. The minimum atomic E-state index is 0.0764. The fourth-order valence-corrected chi connectivity index (χ4v) is 3.73. The molecule has 1 fully saturated rings. The van der Waals surface area contributed by atoms with E-state index < -0.39 is 0 Å². The van der Waals surface area contributed by atoms with Crippen molar-refractivity contribution in [2.24, 2.45) is 0 Å². The maximum atomic E-state index is 12.5. The molecule has 2 aromatic carbocycles. The summed E-state index contributed by atoms with van der Waals surface area (Å²) in [7, 11) is 0. The Hall–Kier alpha value is -2.88. The summed E-state index contributed by atoms with van der Waals surface area (Å²) in [4.78, 5) is 25.6. The topological polar surface area (TPSA) is 42.3 Å². The van der Waals surface area contributed by atoms with Gasteiger partial charge >= 0.3 is 0 Å². The van der Waals surface area contributed by atoms with Crippen LogP contribution in [0.2, 0.25) is 0 Å². The Kier molecular flexibility index (Phi) is 4.10. The number of aldehydes is 1. The van der Waals surface area contributed by atoms with E-state index in [9.17, 15) is 9.59 Å². The second-order valence-electron chi connectivity index (χ2n) is 6.53. The molecule has 0 radical (unpaired) electrons. The Labute approximate surface area is 146 Å².